The molecule has 39 heavy (non-hydrogen) atoms. The molecule has 1 aliphatic heterocycles. The van der Waals surface area contributed by atoms with Crippen LogP contribution in [0.3, 0.4) is 0 Å². The number of thiazole rings is 1. The number of ketones is 1. The number of aromatic amines is 1. The number of aromatic nitrogens is 2. The Hall–Kier alpha value is -4.05. The van der Waals surface area contributed by atoms with Crippen LogP contribution in [-0.4, -0.2) is 52.1 Å². The van der Waals surface area contributed by atoms with Crippen molar-refractivity contribution in [3.05, 3.63) is 65.3 Å². The van der Waals surface area contributed by atoms with Crippen LogP contribution >= 0.6 is 11.3 Å². The van der Waals surface area contributed by atoms with Gasteiger partial charge in [0.15, 0.2) is 5.01 Å². The van der Waals surface area contributed by atoms with E-state index in [2.05, 4.69) is 25.9 Å². The fourth-order valence-corrected chi connectivity index (χ4v) is 5.94. The van der Waals surface area contributed by atoms with Gasteiger partial charge >= 0.3 is 0 Å². The molecule has 5 rings (SSSR count). The molecule has 2 aromatic carbocycles. The zero-order chi connectivity index (χ0) is 27.5. The lowest BCUT2D eigenvalue weighted by atomic mass is 9.95. The van der Waals surface area contributed by atoms with E-state index in [0.29, 0.717) is 30.5 Å². The van der Waals surface area contributed by atoms with Crippen molar-refractivity contribution in [2.75, 3.05) is 6.54 Å². The Kier molecular flexibility index (Phi) is 7.74. The van der Waals surface area contributed by atoms with Crippen LogP contribution in [0.2, 0.25) is 0 Å². The Bertz CT molecular complexity index is 1510. The number of benzene rings is 2. The number of hydrogen-bond acceptors (Lipinski definition) is 6. The summed E-state index contributed by atoms with van der Waals surface area (Å²) in [5.74, 6) is -1.60. The smallest absolute Gasteiger partial charge is 0.254 e. The Morgan fingerprint density at radius 1 is 1.05 bits per heavy atom. The highest BCUT2D eigenvalue weighted by Crippen LogP contribution is 2.25. The van der Waals surface area contributed by atoms with Crippen molar-refractivity contribution in [2.24, 2.45) is 11.8 Å². The van der Waals surface area contributed by atoms with Gasteiger partial charge in [0, 0.05) is 29.6 Å². The third kappa shape index (κ3) is 5.85. The number of nitrogens with one attached hydrogen (secondary N) is 4. The van der Waals surface area contributed by atoms with Crippen molar-refractivity contribution in [3.8, 4) is 0 Å². The van der Waals surface area contributed by atoms with E-state index in [1.807, 2.05) is 62.4 Å². The molecule has 9 nitrogen and oxygen atoms in total. The number of Topliss-reactive ketones (excluding diaryl/α,β-unsaturated/α-hetero) is 1. The highest BCUT2D eigenvalue weighted by Gasteiger charge is 2.35. The van der Waals surface area contributed by atoms with Crippen LogP contribution in [0, 0.1) is 11.8 Å². The number of H-pyrrole nitrogens is 1. The topological polar surface area (TPSA) is 133 Å². The summed E-state index contributed by atoms with van der Waals surface area (Å²) in [5, 5.41) is 9.59. The lowest BCUT2D eigenvalue weighted by molar-refractivity contribution is -0.125. The molecule has 4 aromatic rings. The fraction of sp³-hybridized carbons (Fsp3) is 0.345. The molecule has 0 saturated carbocycles. The molecular formula is C29H31N5O4S. The fourth-order valence-electron chi connectivity index (χ4n) is 4.98. The molecule has 0 spiro atoms. The van der Waals surface area contributed by atoms with E-state index in [0.717, 1.165) is 15.6 Å². The number of nitrogens with zero attached hydrogens (tertiary/aromatic N) is 1. The van der Waals surface area contributed by atoms with Crippen LogP contribution < -0.4 is 16.0 Å². The quantitative estimate of drug-likeness (QED) is 0.225. The number of amides is 3. The Balaban J connectivity index is 1.38. The summed E-state index contributed by atoms with van der Waals surface area (Å²) >= 11 is 1.26. The number of rotatable bonds is 10. The third-order valence-corrected chi connectivity index (χ3v) is 8.03. The highest BCUT2D eigenvalue weighted by atomic mass is 32.1. The first kappa shape index (κ1) is 26.6. The summed E-state index contributed by atoms with van der Waals surface area (Å²) in [6, 6.07) is 13.1. The predicted molar refractivity (Wildman–Crippen MR) is 151 cm³/mol. The lowest BCUT2D eigenvalue weighted by Gasteiger charge is -2.24. The van der Waals surface area contributed by atoms with Crippen LogP contribution in [0.15, 0.2) is 54.7 Å². The van der Waals surface area contributed by atoms with Crippen LogP contribution in [0.4, 0.5) is 0 Å². The second-order valence-corrected chi connectivity index (χ2v) is 11.4. The molecule has 202 valence electrons. The van der Waals surface area contributed by atoms with Crippen molar-refractivity contribution in [1.29, 1.82) is 0 Å². The van der Waals surface area contributed by atoms with Crippen LogP contribution in [0.25, 0.3) is 21.1 Å². The van der Waals surface area contributed by atoms with Gasteiger partial charge in [0.1, 0.15) is 6.04 Å². The predicted octanol–water partition coefficient (Wildman–Crippen LogP) is 3.82. The average Bonchev–Trinajstić information content (AvgIpc) is 3.65. The molecule has 0 bridgehead atoms. The van der Waals surface area contributed by atoms with E-state index in [4.69, 9.17) is 0 Å². The maximum atomic E-state index is 13.7. The molecule has 0 aliphatic carbocycles. The van der Waals surface area contributed by atoms with Gasteiger partial charge < -0.3 is 20.9 Å². The summed E-state index contributed by atoms with van der Waals surface area (Å²) in [7, 11) is 0. The Labute approximate surface area is 229 Å². The zero-order valence-corrected chi connectivity index (χ0v) is 22.6. The average molecular weight is 546 g/mol. The molecule has 3 heterocycles. The van der Waals surface area contributed by atoms with E-state index in [1.54, 1.807) is 6.20 Å². The minimum Gasteiger partial charge on any atom is -0.360 e. The number of fused-ring (bicyclic) bond motifs is 2. The number of carbonyl (C=O) groups excluding carboxylic acids is 4. The van der Waals surface area contributed by atoms with Gasteiger partial charge in [-0.05, 0) is 43.4 Å². The molecule has 0 radical (unpaired) electrons. The minimum atomic E-state index is -0.952. The lowest BCUT2D eigenvalue weighted by Crippen LogP contribution is -2.52. The largest absolute Gasteiger partial charge is 0.360 e. The van der Waals surface area contributed by atoms with E-state index < -0.39 is 23.9 Å². The molecule has 10 heteroatoms. The van der Waals surface area contributed by atoms with Crippen molar-refractivity contribution in [1.82, 2.24) is 25.9 Å². The van der Waals surface area contributed by atoms with Crippen molar-refractivity contribution < 1.29 is 19.2 Å². The van der Waals surface area contributed by atoms with Crippen LogP contribution in [0.5, 0.6) is 0 Å². The van der Waals surface area contributed by atoms with E-state index >= 15 is 0 Å². The Morgan fingerprint density at radius 3 is 2.56 bits per heavy atom. The zero-order valence-electron chi connectivity index (χ0n) is 21.8. The SMILES string of the molecule is CC(C)C[C@H](NC(=O)c1c[nH]c2ccccc12)C(=O)N[C@@H](C[C@@H]1CCNC1=O)C(=O)c1nc2ccccc2s1. The van der Waals surface area contributed by atoms with Gasteiger partial charge in [0.25, 0.3) is 5.91 Å². The first-order valence-electron chi connectivity index (χ1n) is 13.1. The minimum absolute atomic E-state index is 0.100. The maximum absolute atomic E-state index is 13.7. The van der Waals surface area contributed by atoms with Gasteiger partial charge in [-0.15, -0.1) is 11.3 Å². The normalized spacial score (nSPS) is 16.8. The van der Waals surface area contributed by atoms with E-state index in [9.17, 15) is 19.2 Å². The molecule has 3 atom stereocenters. The standard InChI is InChI=1S/C29H31N5O4S/c1-16(2)13-23(33-27(37)19-15-31-20-8-4-3-7-18(19)20)28(38)32-22(14-17-11-12-30-26(17)36)25(35)29-34-21-9-5-6-10-24(21)39-29/h3-10,15-17,22-23,31H,11-14H2,1-2H3,(H,30,36)(H,32,38)(H,33,37)/t17-,22-,23-/m0/s1. The highest BCUT2D eigenvalue weighted by molar-refractivity contribution is 7.20. The van der Waals surface area contributed by atoms with E-state index in [-0.39, 0.29) is 34.9 Å². The van der Waals surface area contributed by atoms with Crippen LogP contribution in [-0.2, 0) is 9.59 Å². The van der Waals surface area contributed by atoms with Crippen LogP contribution in [0.1, 0.15) is 53.3 Å². The first-order valence-corrected chi connectivity index (χ1v) is 14.0. The Morgan fingerprint density at radius 2 is 1.82 bits per heavy atom. The number of carbonyl (C=O) groups is 4. The summed E-state index contributed by atoms with van der Waals surface area (Å²) in [6.45, 7) is 4.46. The third-order valence-electron chi connectivity index (χ3n) is 6.98. The summed E-state index contributed by atoms with van der Waals surface area (Å²) in [4.78, 5) is 60.4. The maximum Gasteiger partial charge on any atom is 0.254 e. The first-order chi connectivity index (χ1) is 18.8. The number of para-hydroxylation sites is 2. The molecule has 1 aliphatic rings. The molecule has 0 unspecified atom stereocenters. The van der Waals surface area contributed by atoms with Gasteiger partial charge in [-0.3, -0.25) is 19.2 Å². The van der Waals surface area contributed by atoms with Gasteiger partial charge in [0.2, 0.25) is 17.6 Å². The summed E-state index contributed by atoms with van der Waals surface area (Å²) in [6.07, 6.45) is 2.76. The monoisotopic (exact) mass is 545 g/mol. The molecule has 2 aromatic heterocycles. The summed E-state index contributed by atoms with van der Waals surface area (Å²) < 4.78 is 0.869. The molecular weight excluding hydrogens is 514 g/mol. The molecule has 3 amide bonds. The van der Waals surface area contributed by atoms with Crippen molar-refractivity contribution in [2.45, 2.75) is 45.2 Å². The van der Waals surface area contributed by atoms with Crippen molar-refractivity contribution >= 4 is 56.0 Å². The van der Waals surface area contributed by atoms with Crippen molar-refractivity contribution in [3.63, 3.8) is 0 Å². The second kappa shape index (κ2) is 11.4. The molecule has 1 fully saturated rings. The summed E-state index contributed by atoms with van der Waals surface area (Å²) in [5.41, 5.74) is 1.97. The second-order valence-electron chi connectivity index (χ2n) is 10.3. The van der Waals surface area contributed by atoms with Gasteiger partial charge in [-0.25, -0.2) is 4.98 Å². The van der Waals surface area contributed by atoms with Gasteiger partial charge in [-0.2, -0.15) is 0 Å². The van der Waals surface area contributed by atoms with Gasteiger partial charge in [-0.1, -0.05) is 44.2 Å². The number of hydrogen-bond donors (Lipinski definition) is 4. The van der Waals surface area contributed by atoms with E-state index in [1.165, 1.54) is 11.3 Å². The molecule has 1 saturated heterocycles. The molecule has 4 N–H and O–H groups in total. The van der Waals surface area contributed by atoms with Gasteiger partial charge in [0.05, 0.1) is 21.8 Å².